The fourth-order valence-electron chi connectivity index (χ4n) is 1.60. The SMILES string of the molecule is CN(C)CCN(CC(=O)O)C(=O)c1c(F)cccc1Br. The molecule has 1 aromatic carbocycles. The van der Waals surface area contributed by atoms with Crippen molar-refractivity contribution in [1.29, 1.82) is 0 Å². The molecule has 0 unspecified atom stereocenters. The molecular formula is C13H16BrFN2O3. The largest absolute Gasteiger partial charge is 0.480 e. The smallest absolute Gasteiger partial charge is 0.323 e. The van der Waals surface area contributed by atoms with Crippen LogP contribution < -0.4 is 0 Å². The summed E-state index contributed by atoms with van der Waals surface area (Å²) in [5, 5.41) is 8.87. The van der Waals surface area contributed by atoms with E-state index in [1.54, 1.807) is 6.07 Å². The molecule has 0 aromatic heterocycles. The molecule has 0 aliphatic heterocycles. The van der Waals surface area contributed by atoms with E-state index in [4.69, 9.17) is 5.11 Å². The average molecular weight is 347 g/mol. The molecule has 1 aromatic rings. The highest BCUT2D eigenvalue weighted by atomic mass is 79.9. The Hall–Kier alpha value is -1.47. The van der Waals surface area contributed by atoms with Gasteiger partial charge in [0.25, 0.3) is 5.91 Å². The number of carboxylic acids is 1. The van der Waals surface area contributed by atoms with Crippen LogP contribution in [-0.2, 0) is 4.79 Å². The quantitative estimate of drug-likeness (QED) is 0.851. The maximum Gasteiger partial charge on any atom is 0.323 e. The van der Waals surface area contributed by atoms with E-state index >= 15 is 0 Å². The zero-order valence-electron chi connectivity index (χ0n) is 11.3. The van der Waals surface area contributed by atoms with E-state index in [0.29, 0.717) is 11.0 Å². The van der Waals surface area contributed by atoms with Crippen molar-refractivity contribution in [2.24, 2.45) is 0 Å². The Labute approximate surface area is 125 Å². The van der Waals surface area contributed by atoms with Gasteiger partial charge in [0.1, 0.15) is 12.4 Å². The van der Waals surface area contributed by atoms with Gasteiger partial charge in [-0.1, -0.05) is 6.07 Å². The van der Waals surface area contributed by atoms with Crippen molar-refractivity contribution in [3.05, 3.63) is 34.1 Å². The molecule has 5 nitrogen and oxygen atoms in total. The fraction of sp³-hybridized carbons (Fsp3) is 0.385. The van der Waals surface area contributed by atoms with Gasteiger partial charge in [-0.2, -0.15) is 0 Å². The number of likely N-dealkylation sites (N-methyl/N-ethyl adjacent to an activating group) is 1. The summed E-state index contributed by atoms with van der Waals surface area (Å²) < 4.78 is 14.1. The highest BCUT2D eigenvalue weighted by molar-refractivity contribution is 9.10. The molecular weight excluding hydrogens is 331 g/mol. The summed E-state index contributed by atoms with van der Waals surface area (Å²) in [6.45, 7) is 0.234. The summed E-state index contributed by atoms with van der Waals surface area (Å²) in [7, 11) is 3.62. The molecule has 7 heteroatoms. The van der Waals surface area contributed by atoms with Crippen molar-refractivity contribution in [3.63, 3.8) is 0 Å². The molecule has 1 N–H and O–H groups in total. The minimum absolute atomic E-state index is 0.146. The number of carbonyl (C=O) groups is 2. The summed E-state index contributed by atoms with van der Waals surface area (Å²) in [5.74, 6) is -2.45. The summed E-state index contributed by atoms with van der Waals surface area (Å²) >= 11 is 3.12. The van der Waals surface area contributed by atoms with Crippen molar-refractivity contribution < 1.29 is 19.1 Å². The van der Waals surface area contributed by atoms with Gasteiger partial charge in [0.05, 0.1) is 5.56 Å². The molecule has 0 bridgehead atoms. The van der Waals surface area contributed by atoms with Crippen molar-refractivity contribution in [2.45, 2.75) is 0 Å². The Morgan fingerprint density at radius 2 is 1.95 bits per heavy atom. The lowest BCUT2D eigenvalue weighted by atomic mass is 10.2. The maximum absolute atomic E-state index is 13.8. The minimum Gasteiger partial charge on any atom is -0.480 e. The van der Waals surface area contributed by atoms with Gasteiger partial charge >= 0.3 is 5.97 Å². The normalized spacial score (nSPS) is 10.7. The molecule has 0 saturated heterocycles. The number of hydrogen-bond donors (Lipinski definition) is 1. The van der Waals surface area contributed by atoms with Gasteiger partial charge in [0, 0.05) is 17.6 Å². The van der Waals surface area contributed by atoms with E-state index in [-0.39, 0.29) is 12.1 Å². The van der Waals surface area contributed by atoms with Gasteiger partial charge in [-0.05, 0) is 42.2 Å². The summed E-state index contributed by atoms with van der Waals surface area (Å²) in [6, 6.07) is 4.18. The van der Waals surface area contributed by atoms with Crippen LogP contribution in [0.2, 0.25) is 0 Å². The molecule has 0 radical (unpaired) electrons. The molecule has 1 rings (SSSR count). The average Bonchev–Trinajstić information content (AvgIpc) is 2.33. The minimum atomic E-state index is -1.13. The number of carboxylic acid groups (broad SMARTS) is 1. The number of hydrogen-bond acceptors (Lipinski definition) is 3. The lowest BCUT2D eigenvalue weighted by Crippen LogP contribution is -2.40. The Bertz CT molecular complexity index is 488. The molecule has 0 fully saturated rings. The number of rotatable bonds is 6. The predicted molar refractivity (Wildman–Crippen MR) is 76.2 cm³/mol. The third-order valence-electron chi connectivity index (χ3n) is 2.61. The Balaban J connectivity index is 3.00. The molecule has 0 heterocycles. The van der Waals surface area contributed by atoms with Crippen LogP contribution in [0.1, 0.15) is 10.4 Å². The third kappa shape index (κ3) is 4.57. The lowest BCUT2D eigenvalue weighted by Gasteiger charge is -2.23. The third-order valence-corrected chi connectivity index (χ3v) is 3.27. The van der Waals surface area contributed by atoms with Crippen molar-refractivity contribution in [3.8, 4) is 0 Å². The summed E-state index contributed by atoms with van der Waals surface area (Å²) in [5.41, 5.74) is -0.146. The lowest BCUT2D eigenvalue weighted by molar-refractivity contribution is -0.137. The number of aliphatic carboxylic acids is 1. The van der Waals surface area contributed by atoms with Crippen LogP contribution in [0.3, 0.4) is 0 Å². The Morgan fingerprint density at radius 1 is 1.30 bits per heavy atom. The monoisotopic (exact) mass is 346 g/mol. The van der Waals surface area contributed by atoms with Crippen LogP contribution in [0.15, 0.2) is 22.7 Å². The number of nitrogens with zero attached hydrogens (tertiary/aromatic N) is 2. The molecule has 0 spiro atoms. The zero-order chi connectivity index (χ0) is 15.3. The van der Waals surface area contributed by atoms with E-state index < -0.39 is 24.2 Å². The Morgan fingerprint density at radius 3 is 2.45 bits per heavy atom. The molecule has 0 aliphatic rings. The van der Waals surface area contributed by atoms with E-state index in [2.05, 4.69) is 15.9 Å². The van der Waals surface area contributed by atoms with Gasteiger partial charge in [-0.25, -0.2) is 4.39 Å². The Kier molecular flexibility index (Phi) is 6.09. The molecule has 20 heavy (non-hydrogen) atoms. The van der Waals surface area contributed by atoms with Gasteiger partial charge in [0.15, 0.2) is 0 Å². The number of carbonyl (C=O) groups excluding carboxylic acids is 1. The second-order valence-corrected chi connectivity index (χ2v) is 5.37. The van der Waals surface area contributed by atoms with Crippen LogP contribution in [0.25, 0.3) is 0 Å². The van der Waals surface area contributed by atoms with E-state index in [9.17, 15) is 14.0 Å². The van der Waals surface area contributed by atoms with E-state index in [1.165, 1.54) is 12.1 Å². The maximum atomic E-state index is 13.8. The molecule has 110 valence electrons. The molecule has 1 amide bonds. The highest BCUT2D eigenvalue weighted by Crippen LogP contribution is 2.21. The first kappa shape index (κ1) is 16.6. The first-order chi connectivity index (χ1) is 9.32. The van der Waals surface area contributed by atoms with Crippen LogP contribution in [0.4, 0.5) is 4.39 Å². The highest BCUT2D eigenvalue weighted by Gasteiger charge is 2.23. The molecule has 0 saturated carbocycles. The van der Waals surface area contributed by atoms with E-state index in [1.807, 2.05) is 19.0 Å². The van der Waals surface area contributed by atoms with Crippen molar-refractivity contribution in [1.82, 2.24) is 9.80 Å². The zero-order valence-corrected chi connectivity index (χ0v) is 12.9. The first-order valence-electron chi connectivity index (χ1n) is 5.92. The second kappa shape index (κ2) is 7.35. The van der Waals surface area contributed by atoms with Crippen LogP contribution in [-0.4, -0.2) is 60.5 Å². The fourth-order valence-corrected chi connectivity index (χ4v) is 2.11. The van der Waals surface area contributed by atoms with Crippen molar-refractivity contribution in [2.75, 3.05) is 33.7 Å². The van der Waals surface area contributed by atoms with Gasteiger partial charge in [-0.3, -0.25) is 9.59 Å². The van der Waals surface area contributed by atoms with Crippen LogP contribution in [0, 0.1) is 5.82 Å². The van der Waals surface area contributed by atoms with Gasteiger partial charge < -0.3 is 14.9 Å². The van der Waals surface area contributed by atoms with Crippen molar-refractivity contribution >= 4 is 27.8 Å². The topological polar surface area (TPSA) is 60.9 Å². The molecule has 0 atom stereocenters. The van der Waals surface area contributed by atoms with E-state index in [0.717, 1.165) is 4.90 Å². The summed E-state index contributed by atoms with van der Waals surface area (Å²) in [6.07, 6.45) is 0. The van der Waals surface area contributed by atoms with Crippen LogP contribution in [0.5, 0.6) is 0 Å². The predicted octanol–water partition coefficient (Wildman–Crippen LogP) is 1.68. The van der Waals surface area contributed by atoms with Crippen LogP contribution >= 0.6 is 15.9 Å². The first-order valence-corrected chi connectivity index (χ1v) is 6.72. The number of benzene rings is 1. The number of halogens is 2. The molecule has 0 aliphatic carbocycles. The second-order valence-electron chi connectivity index (χ2n) is 4.52. The van der Waals surface area contributed by atoms with Gasteiger partial charge in [0.2, 0.25) is 0 Å². The summed E-state index contributed by atoms with van der Waals surface area (Å²) in [4.78, 5) is 26.1. The van der Waals surface area contributed by atoms with Gasteiger partial charge in [-0.15, -0.1) is 0 Å². The standard InChI is InChI=1S/C13H16BrFN2O3/c1-16(2)6-7-17(8-11(18)19)13(20)12-9(14)4-3-5-10(12)15/h3-5H,6-8H2,1-2H3,(H,18,19). The number of amides is 1.